The minimum atomic E-state index is -0.486. The van der Waals surface area contributed by atoms with E-state index in [0.29, 0.717) is 14.7 Å². The van der Waals surface area contributed by atoms with Crippen LogP contribution in [0.3, 0.4) is 0 Å². The number of carbonyl (C=O) groups is 1. The molecule has 0 saturated heterocycles. The highest BCUT2D eigenvalue weighted by Gasteiger charge is 2.15. The van der Waals surface area contributed by atoms with Crippen LogP contribution >= 0.6 is 22.6 Å². The van der Waals surface area contributed by atoms with Crippen LogP contribution in [0.15, 0.2) is 42.7 Å². The minimum absolute atomic E-state index is 0.0258. The first-order valence-corrected chi connectivity index (χ1v) is 6.06. The molecule has 90 valence electrons. The Labute approximate surface area is 116 Å². The molecule has 0 spiro atoms. The Hall–Kier alpha value is -1.83. The average molecular weight is 354 g/mol. The lowest BCUT2D eigenvalue weighted by atomic mass is 10.1. The number of pyridine rings is 1. The van der Waals surface area contributed by atoms with E-state index in [-0.39, 0.29) is 11.5 Å². The van der Waals surface area contributed by atoms with Crippen molar-refractivity contribution in [3.05, 3.63) is 67.5 Å². The fourth-order valence-electron chi connectivity index (χ4n) is 1.45. The number of rotatable bonds is 3. The Bertz CT molecular complexity index is 614. The molecule has 0 bridgehead atoms. The number of nitro benzene ring substituents is 1. The zero-order chi connectivity index (χ0) is 13.1. The molecule has 0 radical (unpaired) electrons. The average Bonchev–Trinajstić information content (AvgIpc) is 2.38. The minimum Gasteiger partial charge on any atom is -0.289 e. The molecule has 0 aliphatic carbocycles. The number of ketones is 1. The molecular formula is C12H7IN2O3. The van der Waals surface area contributed by atoms with Gasteiger partial charge in [-0.15, -0.1) is 0 Å². The van der Waals surface area contributed by atoms with Gasteiger partial charge in [0.25, 0.3) is 5.69 Å². The maximum atomic E-state index is 12.1. The second-order valence-corrected chi connectivity index (χ2v) is 4.65. The summed E-state index contributed by atoms with van der Waals surface area (Å²) in [4.78, 5) is 26.1. The Morgan fingerprint density at radius 2 is 2.11 bits per heavy atom. The summed E-state index contributed by atoms with van der Waals surface area (Å²) in [5.74, 6) is -0.192. The summed E-state index contributed by atoms with van der Waals surface area (Å²) < 4.78 is 0.552. The van der Waals surface area contributed by atoms with Crippen LogP contribution < -0.4 is 0 Å². The molecule has 0 fully saturated rings. The van der Waals surface area contributed by atoms with E-state index in [1.54, 1.807) is 18.3 Å². The largest absolute Gasteiger partial charge is 0.289 e. The fourth-order valence-corrected chi connectivity index (χ4v) is 2.20. The second kappa shape index (κ2) is 5.21. The van der Waals surface area contributed by atoms with E-state index in [2.05, 4.69) is 4.98 Å². The van der Waals surface area contributed by atoms with Gasteiger partial charge < -0.3 is 0 Å². The van der Waals surface area contributed by atoms with Crippen LogP contribution in [0, 0.1) is 13.7 Å². The van der Waals surface area contributed by atoms with Crippen molar-refractivity contribution in [1.82, 2.24) is 4.98 Å². The first-order valence-electron chi connectivity index (χ1n) is 4.98. The number of hydrogen-bond acceptors (Lipinski definition) is 4. The predicted molar refractivity (Wildman–Crippen MR) is 73.5 cm³/mol. The number of hydrogen-bond donors (Lipinski definition) is 0. The summed E-state index contributed by atoms with van der Waals surface area (Å²) in [5, 5.41) is 10.6. The smallest absolute Gasteiger partial charge is 0.270 e. The number of carbonyl (C=O) groups excluding carboxylic acids is 1. The number of halogens is 1. The quantitative estimate of drug-likeness (QED) is 0.368. The van der Waals surface area contributed by atoms with Crippen LogP contribution in [0.4, 0.5) is 5.69 Å². The number of aromatic nitrogens is 1. The topological polar surface area (TPSA) is 73.1 Å². The number of non-ortho nitro benzene ring substituents is 1. The van der Waals surface area contributed by atoms with Crippen molar-refractivity contribution in [1.29, 1.82) is 0 Å². The van der Waals surface area contributed by atoms with E-state index >= 15 is 0 Å². The molecule has 2 rings (SSSR count). The molecular weight excluding hydrogens is 347 g/mol. The summed E-state index contributed by atoms with van der Waals surface area (Å²) in [7, 11) is 0. The summed E-state index contributed by atoms with van der Waals surface area (Å²) >= 11 is 1.92. The normalized spacial score (nSPS) is 10.1. The van der Waals surface area contributed by atoms with E-state index < -0.39 is 4.92 Å². The molecule has 1 heterocycles. The van der Waals surface area contributed by atoms with Gasteiger partial charge in [0.1, 0.15) is 0 Å². The van der Waals surface area contributed by atoms with Gasteiger partial charge in [-0.05, 0) is 40.8 Å². The molecule has 1 aromatic heterocycles. The summed E-state index contributed by atoms with van der Waals surface area (Å²) in [5.41, 5.74) is 0.876. The van der Waals surface area contributed by atoms with Crippen LogP contribution in [0.25, 0.3) is 0 Å². The summed E-state index contributed by atoms with van der Waals surface area (Å²) in [6, 6.07) is 7.50. The molecule has 0 atom stereocenters. The van der Waals surface area contributed by atoms with E-state index in [9.17, 15) is 14.9 Å². The first kappa shape index (κ1) is 12.6. The first-order chi connectivity index (χ1) is 8.59. The number of nitrogens with zero attached hydrogens (tertiary/aromatic N) is 2. The molecule has 0 aliphatic heterocycles. The van der Waals surface area contributed by atoms with Crippen LogP contribution in [0.2, 0.25) is 0 Å². The molecule has 6 heteroatoms. The molecule has 0 aliphatic rings. The third-order valence-corrected chi connectivity index (χ3v) is 3.22. The van der Waals surface area contributed by atoms with Gasteiger partial charge in [0.2, 0.25) is 0 Å². The van der Waals surface area contributed by atoms with Crippen LogP contribution in [-0.4, -0.2) is 15.7 Å². The maximum Gasteiger partial charge on any atom is 0.270 e. The number of nitro groups is 1. The van der Waals surface area contributed by atoms with Crippen LogP contribution in [0.1, 0.15) is 15.9 Å². The SMILES string of the molecule is O=C(c1cccnc1)c1ccc([N+](=O)[O-])cc1I. The molecule has 2 aromatic rings. The van der Waals surface area contributed by atoms with Gasteiger partial charge in [-0.25, -0.2) is 0 Å². The zero-order valence-corrected chi connectivity index (χ0v) is 11.2. The third-order valence-electron chi connectivity index (χ3n) is 2.33. The maximum absolute atomic E-state index is 12.1. The van der Waals surface area contributed by atoms with E-state index in [0.717, 1.165) is 0 Å². The predicted octanol–water partition coefficient (Wildman–Crippen LogP) is 2.83. The van der Waals surface area contributed by atoms with E-state index in [1.165, 1.54) is 24.4 Å². The van der Waals surface area contributed by atoms with Gasteiger partial charge in [-0.1, -0.05) is 0 Å². The van der Waals surface area contributed by atoms with Gasteiger partial charge >= 0.3 is 0 Å². The lowest BCUT2D eigenvalue weighted by Gasteiger charge is -2.03. The molecule has 18 heavy (non-hydrogen) atoms. The second-order valence-electron chi connectivity index (χ2n) is 3.49. The molecule has 0 amide bonds. The van der Waals surface area contributed by atoms with Gasteiger partial charge in [0, 0.05) is 39.2 Å². The Kier molecular flexibility index (Phi) is 3.66. The van der Waals surface area contributed by atoms with Crippen molar-refractivity contribution >= 4 is 34.1 Å². The lowest BCUT2D eigenvalue weighted by Crippen LogP contribution is -2.04. The zero-order valence-electron chi connectivity index (χ0n) is 9.04. The van der Waals surface area contributed by atoms with Crippen molar-refractivity contribution in [3.63, 3.8) is 0 Å². The molecule has 0 N–H and O–H groups in total. The van der Waals surface area contributed by atoms with Gasteiger partial charge in [-0.3, -0.25) is 19.9 Å². The summed E-state index contributed by atoms with van der Waals surface area (Å²) in [6.07, 6.45) is 3.05. The lowest BCUT2D eigenvalue weighted by molar-refractivity contribution is -0.384. The van der Waals surface area contributed by atoms with Gasteiger partial charge in [-0.2, -0.15) is 0 Å². The van der Waals surface area contributed by atoms with Crippen LogP contribution in [0.5, 0.6) is 0 Å². The highest BCUT2D eigenvalue weighted by Crippen LogP contribution is 2.21. The van der Waals surface area contributed by atoms with Crippen molar-refractivity contribution in [2.24, 2.45) is 0 Å². The van der Waals surface area contributed by atoms with Crippen molar-refractivity contribution < 1.29 is 9.72 Å². The molecule has 0 saturated carbocycles. The van der Waals surface area contributed by atoms with Gasteiger partial charge in [0.05, 0.1) is 4.92 Å². The fraction of sp³-hybridized carbons (Fsp3) is 0. The molecule has 0 unspecified atom stereocenters. The Morgan fingerprint density at radius 1 is 1.33 bits per heavy atom. The van der Waals surface area contributed by atoms with Crippen molar-refractivity contribution in [3.8, 4) is 0 Å². The summed E-state index contributed by atoms with van der Waals surface area (Å²) in [6.45, 7) is 0. The van der Waals surface area contributed by atoms with Gasteiger partial charge in [0.15, 0.2) is 5.78 Å². The van der Waals surface area contributed by atoms with Crippen molar-refractivity contribution in [2.45, 2.75) is 0 Å². The Morgan fingerprint density at radius 3 is 2.67 bits per heavy atom. The number of benzene rings is 1. The molecule has 1 aromatic carbocycles. The Balaban J connectivity index is 2.41. The van der Waals surface area contributed by atoms with E-state index in [4.69, 9.17) is 0 Å². The van der Waals surface area contributed by atoms with E-state index in [1.807, 2.05) is 22.6 Å². The highest BCUT2D eigenvalue weighted by atomic mass is 127. The van der Waals surface area contributed by atoms with Crippen LogP contribution in [-0.2, 0) is 0 Å². The van der Waals surface area contributed by atoms with Crippen molar-refractivity contribution in [2.75, 3.05) is 0 Å². The monoisotopic (exact) mass is 354 g/mol. The molecule has 5 nitrogen and oxygen atoms in total. The standard InChI is InChI=1S/C12H7IN2O3/c13-11-6-9(15(17)18)3-4-10(11)12(16)8-2-1-5-14-7-8/h1-7H. The highest BCUT2D eigenvalue weighted by molar-refractivity contribution is 14.1. The third kappa shape index (κ3) is 2.53.